The van der Waals surface area contributed by atoms with Gasteiger partial charge in [-0.3, -0.25) is 19.3 Å². The lowest BCUT2D eigenvalue weighted by molar-refractivity contribution is -0.125. The highest BCUT2D eigenvalue weighted by atomic mass is 32.2. The van der Waals surface area contributed by atoms with Crippen LogP contribution in [-0.4, -0.2) is 34.8 Å². The first-order valence-corrected chi connectivity index (χ1v) is 11.5. The van der Waals surface area contributed by atoms with Gasteiger partial charge < -0.3 is 10.1 Å². The number of methoxy groups -OCH3 is 1. The van der Waals surface area contributed by atoms with E-state index in [1.807, 2.05) is 48.5 Å². The summed E-state index contributed by atoms with van der Waals surface area (Å²) in [5.41, 5.74) is 2.03. The molecule has 1 saturated carbocycles. The molecule has 0 aromatic heterocycles. The molecule has 6 nitrogen and oxygen atoms in total. The average Bonchev–Trinajstić information content (AvgIpc) is 3.13. The fraction of sp³-hybridized carbons (Fsp3) is 0.375. The summed E-state index contributed by atoms with van der Waals surface area (Å²) in [7, 11) is 1.64. The van der Waals surface area contributed by atoms with Crippen LogP contribution in [0.25, 0.3) is 0 Å². The van der Waals surface area contributed by atoms with Crippen molar-refractivity contribution >= 4 is 34.5 Å². The Labute approximate surface area is 186 Å². The largest absolute Gasteiger partial charge is 0.497 e. The maximum Gasteiger partial charge on any atom is 0.289 e. The maximum atomic E-state index is 13.5. The summed E-state index contributed by atoms with van der Waals surface area (Å²) in [6.45, 7) is 0.259. The Morgan fingerprint density at radius 3 is 2.29 bits per heavy atom. The molecule has 2 aliphatic rings. The van der Waals surface area contributed by atoms with E-state index in [-0.39, 0.29) is 29.4 Å². The lowest BCUT2D eigenvalue weighted by Crippen LogP contribution is -2.42. The van der Waals surface area contributed by atoms with Gasteiger partial charge in [0.25, 0.3) is 5.24 Å². The van der Waals surface area contributed by atoms with Gasteiger partial charge in [0.05, 0.1) is 24.8 Å². The average molecular weight is 439 g/mol. The topological polar surface area (TPSA) is 75.7 Å². The van der Waals surface area contributed by atoms with Gasteiger partial charge in [0, 0.05) is 5.69 Å². The van der Waals surface area contributed by atoms with Crippen molar-refractivity contribution in [2.75, 3.05) is 18.2 Å². The van der Waals surface area contributed by atoms with Gasteiger partial charge in [-0.1, -0.05) is 55.3 Å². The SMILES string of the molecule is COc1ccc(C2(C(=O)Nc3ccc(CN4C(=O)CSC4=O)cc3)CCCCC2)cc1. The van der Waals surface area contributed by atoms with Crippen LogP contribution in [0.3, 0.4) is 0 Å². The van der Waals surface area contributed by atoms with Gasteiger partial charge in [0.2, 0.25) is 11.8 Å². The summed E-state index contributed by atoms with van der Waals surface area (Å²) < 4.78 is 5.27. The van der Waals surface area contributed by atoms with Crippen molar-refractivity contribution in [2.24, 2.45) is 0 Å². The summed E-state index contributed by atoms with van der Waals surface area (Å²) in [5.74, 6) is 0.831. The molecule has 0 atom stereocenters. The van der Waals surface area contributed by atoms with E-state index in [2.05, 4.69) is 5.32 Å². The van der Waals surface area contributed by atoms with E-state index in [0.717, 1.165) is 60.7 Å². The standard InChI is InChI=1S/C24H26N2O4S/c1-30-20-11-7-18(8-12-20)24(13-3-2-4-14-24)22(28)25-19-9-5-17(6-10-19)15-26-21(27)16-31-23(26)29/h5-12H,2-4,13-16H2,1H3,(H,25,28). The molecular formula is C24H26N2O4S. The summed E-state index contributed by atoms with van der Waals surface area (Å²) in [5, 5.41) is 2.89. The summed E-state index contributed by atoms with van der Waals surface area (Å²) in [4.78, 5) is 38.3. The minimum atomic E-state index is -0.547. The first-order valence-electron chi connectivity index (χ1n) is 10.5. The number of amides is 3. The number of nitrogens with zero attached hydrogens (tertiary/aromatic N) is 1. The molecule has 31 heavy (non-hydrogen) atoms. The Morgan fingerprint density at radius 1 is 1.03 bits per heavy atom. The van der Waals surface area contributed by atoms with Crippen LogP contribution in [0, 0.1) is 0 Å². The first kappa shape index (κ1) is 21.4. The fourth-order valence-corrected chi connectivity index (χ4v) is 5.10. The van der Waals surface area contributed by atoms with Gasteiger partial charge in [-0.25, -0.2) is 0 Å². The van der Waals surface area contributed by atoms with E-state index in [0.29, 0.717) is 5.69 Å². The third-order valence-electron chi connectivity index (χ3n) is 6.18. The molecule has 0 radical (unpaired) electrons. The van der Waals surface area contributed by atoms with Crippen molar-refractivity contribution in [3.63, 3.8) is 0 Å². The van der Waals surface area contributed by atoms with E-state index < -0.39 is 5.41 Å². The van der Waals surface area contributed by atoms with Crippen LogP contribution < -0.4 is 10.1 Å². The van der Waals surface area contributed by atoms with Crippen LogP contribution in [0.15, 0.2) is 48.5 Å². The Kier molecular flexibility index (Phi) is 6.32. The Hall–Kier alpha value is -2.80. The second kappa shape index (κ2) is 9.14. The van der Waals surface area contributed by atoms with Crippen LogP contribution in [0.1, 0.15) is 43.2 Å². The molecule has 1 N–H and O–H groups in total. The third kappa shape index (κ3) is 4.46. The molecule has 7 heteroatoms. The Bertz CT molecular complexity index is 950. The van der Waals surface area contributed by atoms with Crippen molar-refractivity contribution in [1.82, 2.24) is 4.90 Å². The summed E-state index contributed by atoms with van der Waals surface area (Å²) in [6, 6.07) is 15.2. The van der Waals surface area contributed by atoms with E-state index in [4.69, 9.17) is 4.74 Å². The zero-order valence-corrected chi connectivity index (χ0v) is 18.4. The normalized spacial score (nSPS) is 18.2. The van der Waals surface area contributed by atoms with E-state index >= 15 is 0 Å². The molecule has 1 aliphatic heterocycles. The predicted octanol–water partition coefficient (Wildman–Crippen LogP) is 4.73. The number of hydrogen-bond donors (Lipinski definition) is 1. The van der Waals surface area contributed by atoms with Crippen LogP contribution in [0.5, 0.6) is 5.75 Å². The smallest absolute Gasteiger partial charge is 0.289 e. The molecule has 1 saturated heterocycles. The van der Waals surface area contributed by atoms with Gasteiger partial charge in [-0.15, -0.1) is 0 Å². The highest BCUT2D eigenvalue weighted by Crippen LogP contribution is 2.41. The quantitative estimate of drug-likeness (QED) is 0.706. The van der Waals surface area contributed by atoms with Crippen LogP contribution >= 0.6 is 11.8 Å². The van der Waals surface area contributed by atoms with Gasteiger partial charge in [-0.2, -0.15) is 0 Å². The molecule has 0 bridgehead atoms. The molecule has 3 amide bonds. The molecule has 162 valence electrons. The second-order valence-corrected chi connectivity index (χ2v) is 8.98. The van der Waals surface area contributed by atoms with Crippen LogP contribution in [0.2, 0.25) is 0 Å². The fourth-order valence-electron chi connectivity index (χ4n) is 4.37. The molecule has 2 aromatic rings. The molecule has 4 rings (SSSR count). The molecule has 0 spiro atoms. The number of ether oxygens (including phenoxy) is 1. The minimum absolute atomic E-state index is 0.00594. The molecule has 1 aliphatic carbocycles. The van der Waals surface area contributed by atoms with Crippen molar-refractivity contribution in [1.29, 1.82) is 0 Å². The van der Waals surface area contributed by atoms with Crippen LogP contribution in [0.4, 0.5) is 10.5 Å². The highest BCUT2D eigenvalue weighted by molar-refractivity contribution is 8.14. The number of rotatable bonds is 6. The maximum absolute atomic E-state index is 13.5. The molecule has 2 fully saturated rings. The van der Waals surface area contributed by atoms with Crippen molar-refractivity contribution in [3.8, 4) is 5.75 Å². The number of hydrogen-bond acceptors (Lipinski definition) is 5. The van der Waals surface area contributed by atoms with E-state index in [9.17, 15) is 14.4 Å². The number of carbonyl (C=O) groups excluding carboxylic acids is 3. The highest BCUT2D eigenvalue weighted by Gasteiger charge is 2.41. The number of benzene rings is 2. The number of thioether (sulfide) groups is 1. The Morgan fingerprint density at radius 2 is 1.71 bits per heavy atom. The molecular weight excluding hydrogens is 412 g/mol. The van der Waals surface area contributed by atoms with E-state index in [1.54, 1.807) is 7.11 Å². The summed E-state index contributed by atoms with van der Waals surface area (Å²) >= 11 is 1.03. The predicted molar refractivity (Wildman–Crippen MR) is 121 cm³/mol. The molecule has 2 aromatic carbocycles. The lowest BCUT2D eigenvalue weighted by atomic mass is 9.68. The summed E-state index contributed by atoms with van der Waals surface area (Å²) in [6.07, 6.45) is 4.83. The zero-order chi connectivity index (χ0) is 21.8. The zero-order valence-electron chi connectivity index (χ0n) is 17.6. The third-order valence-corrected chi connectivity index (χ3v) is 7.04. The van der Waals surface area contributed by atoms with Gasteiger partial charge >= 0.3 is 0 Å². The van der Waals surface area contributed by atoms with Crippen LogP contribution in [-0.2, 0) is 21.5 Å². The second-order valence-electron chi connectivity index (χ2n) is 8.06. The lowest BCUT2D eigenvalue weighted by Gasteiger charge is -2.36. The van der Waals surface area contributed by atoms with Crippen molar-refractivity contribution < 1.29 is 19.1 Å². The van der Waals surface area contributed by atoms with Gasteiger partial charge in [0.15, 0.2) is 0 Å². The Balaban J connectivity index is 1.49. The number of imide groups is 1. The monoisotopic (exact) mass is 438 g/mol. The molecule has 1 heterocycles. The first-order chi connectivity index (χ1) is 15.0. The molecule has 0 unspecified atom stereocenters. The minimum Gasteiger partial charge on any atom is -0.497 e. The number of anilines is 1. The van der Waals surface area contributed by atoms with Gasteiger partial charge in [0.1, 0.15) is 5.75 Å². The number of nitrogens with one attached hydrogen (secondary N) is 1. The number of carbonyl (C=O) groups is 3. The van der Waals surface area contributed by atoms with Gasteiger partial charge in [-0.05, 0) is 48.2 Å². The van der Waals surface area contributed by atoms with Crippen molar-refractivity contribution in [2.45, 2.75) is 44.1 Å². The van der Waals surface area contributed by atoms with Crippen molar-refractivity contribution in [3.05, 3.63) is 59.7 Å². The van der Waals surface area contributed by atoms with E-state index in [1.165, 1.54) is 4.90 Å².